The van der Waals surface area contributed by atoms with Gasteiger partial charge in [0.05, 0.1) is 0 Å². The van der Waals surface area contributed by atoms with Crippen LogP contribution in [0, 0.1) is 0 Å². The molecular weight excluding hydrogens is 232 g/mol. The number of aliphatic carboxylic acids is 1. The Morgan fingerprint density at radius 1 is 1.17 bits per heavy atom. The molecule has 0 aliphatic rings. The lowest BCUT2D eigenvalue weighted by Gasteiger charge is -2.16. The zero-order valence-electron chi connectivity index (χ0n) is 10.5. The summed E-state index contributed by atoms with van der Waals surface area (Å²) in [7, 11) is 0. The molecule has 98 valence electrons. The number of rotatable bonds is 5. The van der Waals surface area contributed by atoms with Gasteiger partial charge < -0.3 is 15.7 Å². The summed E-state index contributed by atoms with van der Waals surface area (Å²) >= 11 is 0. The summed E-state index contributed by atoms with van der Waals surface area (Å²) in [6.07, 6.45) is 0.266. The molecule has 1 rings (SSSR count). The molecule has 0 fully saturated rings. The maximum Gasteiger partial charge on any atom is 0.326 e. The largest absolute Gasteiger partial charge is 0.480 e. The summed E-state index contributed by atoms with van der Waals surface area (Å²) in [5.74, 6) is -1.04. The molecule has 0 unspecified atom stereocenters. The molecule has 0 spiro atoms. The highest BCUT2D eigenvalue weighted by Gasteiger charge is 2.20. The fourth-order valence-corrected chi connectivity index (χ4v) is 1.51. The molecule has 1 aromatic carbocycles. The number of carbonyl (C=O) groups excluding carboxylic acids is 1. The Hall–Kier alpha value is -2.04. The van der Waals surface area contributed by atoms with Crippen LogP contribution in [0.5, 0.6) is 0 Å². The highest BCUT2D eigenvalue weighted by Crippen LogP contribution is 2.03. The lowest BCUT2D eigenvalue weighted by Crippen LogP contribution is -2.48. The second-order valence-electron chi connectivity index (χ2n) is 4.35. The Kier molecular flexibility index (Phi) is 5.17. The zero-order valence-corrected chi connectivity index (χ0v) is 10.5. The van der Waals surface area contributed by atoms with Crippen LogP contribution in [-0.4, -0.2) is 29.2 Å². The Morgan fingerprint density at radius 3 is 2.28 bits per heavy atom. The average Bonchev–Trinajstić information content (AvgIpc) is 2.28. The number of hydrogen-bond donors (Lipinski definition) is 3. The van der Waals surface area contributed by atoms with E-state index in [1.807, 2.05) is 44.2 Å². The number of carbonyl (C=O) groups is 2. The third-order valence-corrected chi connectivity index (χ3v) is 2.31. The third-order valence-electron chi connectivity index (χ3n) is 2.31. The van der Waals surface area contributed by atoms with Crippen molar-refractivity contribution in [2.24, 2.45) is 0 Å². The van der Waals surface area contributed by atoms with Gasteiger partial charge in [-0.05, 0) is 19.4 Å². The van der Waals surface area contributed by atoms with E-state index in [4.69, 9.17) is 5.11 Å². The molecule has 2 amide bonds. The van der Waals surface area contributed by atoms with Crippen molar-refractivity contribution in [3.8, 4) is 0 Å². The summed E-state index contributed by atoms with van der Waals surface area (Å²) in [5, 5.41) is 14.1. The molecule has 1 aromatic rings. The van der Waals surface area contributed by atoms with Crippen molar-refractivity contribution < 1.29 is 14.7 Å². The van der Waals surface area contributed by atoms with Crippen LogP contribution in [0.15, 0.2) is 30.3 Å². The quantitative estimate of drug-likeness (QED) is 0.739. The maximum atomic E-state index is 11.5. The van der Waals surface area contributed by atoms with E-state index in [0.717, 1.165) is 5.56 Å². The van der Waals surface area contributed by atoms with Crippen molar-refractivity contribution in [2.75, 3.05) is 0 Å². The van der Waals surface area contributed by atoms with Gasteiger partial charge in [-0.1, -0.05) is 30.3 Å². The van der Waals surface area contributed by atoms with Crippen LogP contribution in [0.4, 0.5) is 4.79 Å². The smallest absolute Gasteiger partial charge is 0.326 e. The fraction of sp³-hybridized carbons (Fsp3) is 0.385. The van der Waals surface area contributed by atoms with Gasteiger partial charge >= 0.3 is 12.0 Å². The van der Waals surface area contributed by atoms with Crippen LogP contribution in [0.2, 0.25) is 0 Å². The predicted octanol–water partition coefficient (Wildman–Crippen LogP) is 1.39. The van der Waals surface area contributed by atoms with Crippen molar-refractivity contribution in [1.29, 1.82) is 0 Å². The summed E-state index contributed by atoms with van der Waals surface area (Å²) in [6, 6.07) is 7.77. The third kappa shape index (κ3) is 4.86. The van der Waals surface area contributed by atoms with Crippen LogP contribution in [0.1, 0.15) is 19.4 Å². The molecule has 1 atom stereocenters. The first-order valence-electron chi connectivity index (χ1n) is 5.83. The highest BCUT2D eigenvalue weighted by molar-refractivity contribution is 5.82. The second kappa shape index (κ2) is 6.64. The van der Waals surface area contributed by atoms with Crippen molar-refractivity contribution in [2.45, 2.75) is 32.4 Å². The number of amides is 2. The van der Waals surface area contributed by atoms with Crippen LogP contribution >= 0.6 is 0 Å². The van der Waals surface area contributed by atoms with Gasteiger partial charge in [0, 0.05) is 12.5 Å². The summed E-state index contributed by atoms with van der Waals surface area (Å²) in [4.78, 5) is 22.6. The highest BCUT2D eigenvalue weighted by atomic mass is 16.4. The minimum Gasteiger partial charge on any atom is -0.480 e. The summed E-state index contributed by atoms with van der Waals surface area (Å²) in [5.41, 5.74) is 0.870. The van der Waals surface area contributed by atoms with Crippen LogP contribution < -0.4 is 10.6 Å². The second-order valence-corrected chi connectivity index (χ2v) is 4.35. The van der Waals surface area contributed by atoms with Crippen molar-refractivity contribution in [3.05, 3.63) is 35.9 Å². The molecule has 3 N–H and O–H groups in total. The van der Waals surface area contributed by atoms with Crippen LogP contribution in [0.3, 0.4) is 0 Å². The van der Waals surface area contributed by atoms with Crippen molar-refractivity contribution >= 4 is 12.0 Å². The summed E-state index contributed by atoms with van der Waals surface area (Å²) in [6.45, 7) is 3.62. The van der Waals surface area contributed by atoms with Gasteiger partial charge in [-0.2, -0.15) is 0 Å². The van der Waals surface area contributed by atoms with Gasteiger partial charge in [-0.3, -0.25) is 0 Å². The first kappa shape index (κ1) is 14.0. The average molecular weight is 250 g/mol. The lowest BCUT2D eigenvalue weighted by molar-refractivity contribution is -0.139. The van der Waals surface area contributed by atoms with E-state index in [0.29, 0.717) is 0 Å². The molecule has 18 heavy (non-hydrogen) atoms. The van der Waals surface area contributed by atoms with E-state index < -0.39 is 18.0 Å². The SMILES string of the molecule is CC(C)NC(=O)N[C@@H](Cc1ccccc1)C(=O)O. The van der Waals surface area contributed by atoms with Gasteiger partial charge in [0.25, 0.3) is 0 Å². The molecule has 0 saturated carbocycles. The van der Waals surface area contributed by atoms with E-state index in [2.05, 4.69) is 10.6 Å². The topological polar surface area (TPSA) is 78.4 Å². The van der Waals surface area contributed by atoms with Gasteiger partial charge in [-0.25, -0.2) is 9.59 Å². The van der Waals surface area contributed by atoms with Crippen molar-refractivity contribution in [3.63, 3.8) is 0 Å². The number of urea groups is 1. The summed E-state index contributed by atoms with van der Waals surface area (Å²) < 4.78 is 0. The lowest BCUT2D eigenvalue weighted by atomic mass is 10.1. The first-order valence-corrected chi connectivity index (χ1v) is 5.83. The minimum atomic E-state index is -1.04. The Labute approximate surface area is 106 Å². The van der Waals surface area contributed by atoms with E-state index in [-0.39, 0.29) is 12.5 Å². The zero-order chi connectivity index (χ0) is 13.5. The Morgan fingerprint density at radius 2 is 1.78 bits per heavy atom. The number of carboxylic acid groups (broad SMARTS) is 1. The number of benzene rings is 1. The number of carboxylic acids is 1. The number of nitrogens with one attached hydrogen (secondary N) is 2. The van der Waals surface area contributed by atoms with Gasteiger partial charge in [0.1, 0.15) is 6.04 Å². The Bertz CT molecular complexity index is 404. The molecule has 0 aliphatic heterocycles. The molecular formula is C13H18N2O3. The van der Waals surface area contributed by atoms with Crippen LogP contribution in [-0.2, 0) is 11.2 Å². The molecule has 0 radical (unpaired) electrons. The molecule has 5 heteroatoms. The van der Waals surface area contributed by atoms with Crippen molar-refractivity contribution in [1.82, 2.24) is 10.6 Å². The fourth-order valence-electron chi connectivity index (χ4n) is 1.51. The predicted molar refractivity (Wildman–Crippen MR) is 68.4 cm³/mol. The van der Waals surface area contributed by atoms with E-state index in [1.165, 1.54) is 0 Å². The van der Waals surface area contributed by atoms with E-state index in [1.54, 1.807) is 0 Å². The van der Waals surface area contributed by atoms with E-state index >= 15 is 0 Å². The molecule has 5 nitrogen and oxygen atoms in total. The molecule has 0 saturated heterocycles. The molecule has 0 heterocycles. The molecule has 0 aliphatic carbocycles. The molecule has 0 bridgehead atoms. The first-order chi connectivity index (χ1) is 8.49. The number of hydrogen-bond acceptors (Lipinski definition) is 2. The monoisotopic (exact) mass is 250 g/mol. The molecule has 0 aromatic heterocycles. The van der Waals surface area contributed by atoms with Gasteiger partial charge in [-0.15, -0.1) is 0 Å². The van der Waals surface area contributed by atoms with Gasteiger partial charge in [0.15, 0.2) is 0 Å². The maximum absolute atomic E-state index is 11.5. The van der Waals surface area contributed by atoms with Crippen LogP contribution in [0.25, 0.3) is 0 Å². The van der Waals surface area contributed by atoms with E-state index in [9.17, 15) is 9.59 Å². The standard InChI is InChI=1S/C13H18N2O3/c1-9(2)14-13(18)15-11(12(16)17)8-10-6-4-3-5-7-10/h3-7,9,11H,8H2,1-2H3,(H,16,17)(H2,14,15,18)/t11-/m0/s1. The van der Waals surface area contributed by atoms with Gasteiger partial charge in [0.2, 0.25) is 0 Å². The Balaban J connectivity index is 2.61. The minimum absolute atomic E-state index is 0.0313. The normalized spacial score (nSPS) is 11.9.